The van der Waals surface area contributed by atoms with Gasteiger partial charge < -0.3 is 14.0 Å². The molecule has 0 saturated carbocycles. The van der Waals surface area contributed by atoms with Gasteiger partial charge in [-0.15, -0.1) is 0 Å². The Morgan fingerprint density at radius 1 is 0.800 bits per heavy atom. The third-order valence-corrected chi connectivity index (χ3v) is 6.44. The van der Waals surface area contributed by atoms with Crippen LogP contribution in [0.1, 0.15) is 82.8 Å². The molecule has 1 atom stereocenters. The summed E-state index contributed by atoms with van der Waals surface area (Å²) in [6, 6.07) is 18.7. The number of nitrogens with zero attached hydrogens (tertiary/aromatic N) is 1. The lowest BCUT2D eigenvalue weighted by atomic mass is 10.0. The van der Waals surface area contributed by atoms with E-state index >= 15 is 0 Å². The number of esters is 1. The number of hydrogen-bond donors (Lipinski definition) is 0. The fraction of sp³-hybridized carbons (Fsp3) is 0.581. The number of quaternary nitrogens is 1. The summed E-state index contributed by atoms with van der Waals surface area (Å²) in [6.07, 6.45) is 12.5. The molecular formula is C31H48NO3+. The highest BCUT2D eigenvalue weighted by Gasteiger charge is 2.23. The van der Waals surface area contributed by atoms with Crippen LogP contribution in [0.2, 0.25) is 0 Å². The van der Waals surface area contributed by atoms with Gasteiger partial charge >= 0.3 is 5.97 Å². The second-order valence-electron chi connectivity index (χ2n) is 10.4. The summed E-state index contributed by atoms with van der Waals surface area (Å²) < 4.78 is 12.3. The first-order valence-electron chi connectivity index (χ1n) is 13.7. The molecule has 0 N–H and O–H groups in total. The lowest BCUT2D eigenvalue weighted by molar-refractivity contribution is -0.896. The zero-order valence-electron chi connectivity index (χ0n) is 22.6. The van der Waals surface area contributed by atoms with Crippen LogP contribution in [0.25, 0.3) is 0 Å². The number of benzene rings is 2. The van der Waals surface area contributed by atoms with E-state index in [0.717, 1.165) is 25.1 Å². The Morgan fingerprint density at radius 3 is 2.06 bits per heavy atom. The summed E-state index contributed by atoms with van der Waals surface area (Å²) >= 11 is 0. The van der Waals surface area contributed by atoms with Gasteiger partial charge in [0.2, 0.25) is 0 Å². The molecule has 0 aliphatic rings. The van der Waals surface area contributed by atoms with Crippen molar-refractivity contribution in [3.63, 3.8) is 0 Å². The second kappa shape index (κ2) is 16.4. The average molecular weight is 483 g/mol. The van der Waals surface area contributed by atoms with Crippen molar-refractivity contribution in [3.05, 3.63) is 65.7 Å². The number of unbranched alkanes of at least 4 members (excludes halogenated alkanes) is 7. The van der Waals surface area contributed by atoms with Crippen LogP contribution < -0.4 is 4.74 Å². The quantitative estimate of drug-likeness (QED) is 0.127. The average Bonchev–Trinajstić information content (AvgIpc) is 2.84. The molecule has 0 saturated heterocycles. The monoisotopic (exact) mass is 482 g/mol. The Morgan fingerprint density at radius 2 is 1.43 bits per heavy atom. The fourth-order valence-electron chi connectivity index (χ4n) is 4.34. The van der Waals surface area contributed by atoms with Gasteiger partial charge in [0.15, 0.2) is 6.54 Å². The first kappa shape index (κ1) is 28.9. The molecule has 0 aliphatic heterocycles. The predicted octanol–water partition coefficient (Wildman–Crippen LogP) is 7.35. The van der Waals surface area contributed by atoms with Gasteiger partial charge in [0, 0.05) is 5.56 Å². The maximum atomic E-state index is 12.5. The number of aryl methyl sites for hydroxylation is 1. The SMILES string of the molecule is CCCCCCCCCCc1ccc(OC(CC)COC(=O)C[N+](C)(C)Cc2ccccc2)cc1. The van der Waals surface area contributed by atoms with Crippen LogP contribution in [0.15, 0.2) is 54.6 Å². The molecule has 0 aliphatic carbocycles. The third-order valence-electron chi connectivity index (χ3n) is 6.44. The number of ether oxygens (including phenoxy) is 2. The molecule has 0 aromatic heterocycles. The third kappa shape index (κ3) is 12.8. The van der Waals surface area contributed by atoms with Crippen molar-refractivity contribution in [2.24, 2.45) is 0 Å². The van der Waals surface area contributed by atoms with E-state index in [-0.39, 0.29) is 18.7 Å². The van der Waals surface area contributed by atoms with Crippen molar-refractivity contribution in [3.8, 4) is 5.75 Å². The topological polar surface area (TPSA) is 35.5 Å². The van der Waals surface area contributed by atoms with Crippen LogP contribution >= 0.6 is 0 Å². The van der Waals surface area contributed by atoms with Crippen molar-refractivity contribution in [1.29, 1.82) is 0 Å². The zero-order valence-corrected chi connectivity index (χ0v) is 22.6. The minimum Gasteiger partial charge on any atom is -0.487 e. The Kier molecular flexibility index (Phi) is 13.5. The normalized spacial score (nSPS) is 12.3. The zero-order chi connectivity index (χ0) is 25.4. The molecule has 2 rings (SSSR count). The summed E-state index contributed by atoms with van der Waals surface area (Å²) in [6.45, 7) is 5.72. The predicted molar refractivity (Wildman–Crippen MR) is 146 cm³/mol. The molecule has 4 heteroatoms. The fourth-order valence-corrected chi connectivity index (χ4v) is 4.34. The van der Waals surface area contributed by atoms with Gasteiger partial charge in [-0.2, -0.15) is 0 Å². The van der Waals surface area contributed by atoms with Gasteiger partial charge in [0.25, 0.3) is 0 Å². The van der Waals surface area contributed by atoms with Crippen LogP contribution in [0, 0.1) is 0 Å². The molecule has 0 amide bonds. The van der Waals surface area contributed by atoms with Crippen LogP contribution in [-0.4, -0.2) is 43.8 Å². The maximum Gasteiger partial charge on any atom is 0.361 e. The van der Waals surface area contributed by atoms with Gasteiger partial charge in [0.1, 0.15) is 25.0 Å². The Balaban J connectivity index is 1.67. The van der Waals surface area contributed by atoms with Crippen molar-refractivity contribution >= 4 is 5.97 Å². The minimum atomic E-state index is -0.186. The highest BCUT2D eigenvalue weighted by atomic mass is 16.6. The Bertz CT molecular complexity index is 817. The van der Waals surface area contributed by atoms with E-state index < -0.39 is 0 Å². The number of rotatable bonds is 18. The smallest absolute Gasteiger partial charge is 0.361 e. The van der Waals surface area contributed by atoms with Gasteiger partial charge in [-0.05, 0) is 37.0 Å². The van der Waals surface area contributed by atoms with Crippen LogP contribution in [-0.2, 0) is 22.5 Å². The standard InChI is InChI=1S/C31H48NO3/c1-5-7-8-9-10-11-12-14-17-27-20-22-30(23-21-27)35-29(6-2)26-34-31(33)25-32(3,4)24-28-18-15-13-16-19-28/h13,15-16,18-23,29H,5-12,14,17,24-26H2,1-4H3/q+1. The van der Waals surface area contributed by atoms with Gasteiger partial charge in [-0.25, -0.2) is 4.79 Å². The molecule has 0 spiro atoms. The van der Waals surface area contributed by atoms with Crippen molar-refractivity contribution < 1.29 is 18.8 Å². The van der Waals surface area contributed by atoms with E-state index in [0.29, 0.717) is 11.0 Å². The van der Waals surface area contributed by atoms with E-state index in [2.05, 4.69) is 52.2 Å². The van der Waals surface area contributed by atoms with Crippen LogP contribution in [0.5, 0.6) is 5.75 Å². The molecule has 4 nitrogen and oxygen atoms in total. The summed E-state index contributed by atoms with van der Waals surface area (Å²) in [5.41, 5.74) is 2.58. The highest BCUT2D eigenvalue weighted by molar-refractivity contribution is 5.70. The molecular weight excluding hydrogens is 434 g/mol. The molecule has 35 heavy (non-hydrogen) atoms. The van der Waals surface area contributed by atoms with E-state index in [1.807, 2.05) is 30.3 Å². The number of hydrogen-bond acceptors (Lipinski definition) is 3. The number of likely N-dealkylation sites (N-methyl/N-ethyl adjacent to an activating group) is 1. The summed E-state index contributed by atoms with van der Waals surface area (Å²) in [4.78, 5) is 12.5. The van der Waals surface area contributed by atoms with Crippen LogP contribution in [0.3, 0.4) is 0 Å². The minimum absolute atomic E-state index is 0.137. The lowest BCUT2D eigenvalue weighted by Crippen LogP contribution is -2.44. The summed E-state index contributed by atoms with van der Waals surface area (Å²) in [5.74, 6) is 0.654. The molecule has 0 radical (unpaired) electrons. The molecule has 0 fully saturated rings. The Hall–Kier alpha value is -2.33. The largest absolute Gasteiger partial charge is 0.487 e. The van der Waals surface area contributed by atoms with E-state index in [4.69, 9.17) is 9.47 Å². The van der Waals surface area contributed by atoms with Gasteiger partial charge in [-0.3, -0.25) is 0 Å². The number of carbonyl (C=O) groups excluding carboxylic acids is 1. The van der Waals surface area contributed by atoms with Crippen molar-refractivity contribution in [2.75, 3.05) is 27.2 Å². The maximum absolute atomic E-state index is 12.5. The first-order chi connectivity index (χ1) is 16.9. The molecule has 2 aromatic carbocycles. The molecule has 2 aromatic rings. The molecule has 194 valence electrons. The van der Waals surface area contributed by atoms with E-state index in [9.17, 15) is 4.79 Å². The summed E-state index contributed by atoms with van der Waals surface area (Å²) in [7, 11) is 4.11. The van der Waals surface area contributed by atoms with E-state index in [1.54, 1.807) is 0 Å². The van der Waals surface area contributed by atoms with Gasteiger partial charge in [0.05, 0.1) is 14.1 Å². The molecule has 0 bridgehead atoms. The van der Waals surface area contributed by atoms with Crippen LogP contribution in [0.4, 0.5) is 0 Å². The lowest BCUT2D eigenvalue weighted by Gasteiger charge is -2.29. The van der Waals surface area contributed by atoms with E-state index in [1.165, 1.54) is 62.5 Å². The van der Waals surface area contributed by atoms with Crippen molar-refractivity contribution in [2.45, 2.75) is 90.7 Å². The second-order valence-corrected chi connectivity index (χ2v) is 10.4. The molecule has 0 heterocycles. The van der Waals surface area contributed by atoms with Gasteiger partial charge in [-0.1, -0.05) is 101 Å². The number of carbonyl (C=O) groups is 1. The Labute approximate surface area is 214 Å². The highest BCUT2D eigenvalue weighted by Crippen LogP contribution is 2.18. The first-order valence-corrected chi connectivity index (χ1v) is 13.7. The summed E-state index contributed by atoms with van der Waals surface area (Å²) in [5, 5.41) is 0. The van der Waals surface area contributed by atoms with Crippen molar-refractivity contribution in [1.82, 2.24) is 0 Å². The molecule has 1 unspecified atom stereocenters.